The van der Waals surface area contributed by atoms with Gasteiger partial charge in [0.15, 0.2) is 0 Å². The van der Waals surface area contributed by atoms with Gasteiger partial charge >= 0.3 is 0 Å². The zero-order valence-electron chi connectivity index (χ0n) is 10.4. The van der Waals surface area contributed by atoms with Gasteiger partial charge in [-0.05, 0) is 45.8 Å². The highest BCUT2D eigenvalue weighted by molar-refractivity contribution is 5.98. The first-order chi connectivity index (χ1) is 6.90. The number of hydrogen-bond donors (Lipinski definition) is 0. The Labute approximate surface area is 92.8 Å². The summed E-state index contributed by atoms with van der Waals surface area (Å²) in [6, 6.07) is 0. The number of aliphatic imine (C=N–C) groups is 2. The summed E-state index contributed by atoms with van der Waals surface area (Å²) in [5.41, 5.74) is 4.51. The van der Waals surface area contributed by atoms with Crippen LogP contribution in [0.1, 0.15) is 34.6 Å². The van der Waals surface area contributed by atoms with Crippen molar-refractivity contribution in [3.63, 3.8) is 0 Å². The van der Waals surface area contributed by atoms with Crippen LogP contribution < -0.4 is 0 Å². The van der Waals surface area contributed by atoms with Crippen molar-refractivity contribution in [2.75, 3.05) is 0 Å². The van der Waals surface area contributed by atoms with E-state index in [1.165, 1.54) is 0 Å². The Bertz CT molecular complexity index is 355. The van der Waals surface area contributed by atoms with Crippen LogP contribution in [-0.4, -0.2) is 11.9 Å². The minimum atomic E-state index is 0.841. The van der Waals surface area contributed by atoms with Gasteiger partial charge in [-0.15, -0.1) is 0 Å². The molecule has 15 heavy (non-hydrogen) atoms. The first-order valence-corrected chi connectivity index (χ1v) is 4.96. The molecule has 0 atom stereocenters. The first kappa shape index (κ1) is 13.6. The average molecular weight is 204 g/mol. The third-order valence-electron chi connectivity index (χ3n) is 1.97. The van der Waals surface area contributed by atoms with Crippen LogP contribution in [0.3, 0.4) is 0 Å². The van der Waals surface area contributed by atoms with E-state index >= 15 is 0 Å². The molecule has 0 bridgehead atoms. The molecular weight excluding hydrogens is 184 g/mol. The standard InChI is InChI=1S/C13H20N2/c1-8-14-12(7)13(10(4)5)15-11(6)9(2)3/h8H,2,4H2,1,3,5-7H3/b13-12+,14-8?,15-11?. The molecule has 0 aromatic carbocycles. The third kappa shape index (κ3) is 4.54. The average Bonchev–Trinajstić information content (AvgIpc) is 2.13. The van der Waals surface area contributed by atoms with Crippen molar-refractivity contribution in [1.29, 1.82) is 0 Å². The highest BCUT2D eigenvalue weighted by atomic mass is 14.8. The van der Waals surface area contributed by atoms with Crippen molar-refractivity contribution in [2.24, 2.45) is 9.98 Å². The molecular formula is C13H20N2. The van der Waals surface area contributed by atoms with Crippen LogP contribution >= 0.6 is 0 Å². The van der Waals surface area contributed by atoms with Gasteiger partial charge < -0.3 is 0 Å². The summed E-state index contributed by atoms with van der Waals surface area (Å²) in [5.74, 6) is 0. The van der Waals surface area contributed by atoms with Gasteiger partial charge in [0.25, 0.3) is 0 Å². The van der Waals surface area contributed by atoms with Crippen LogP contribution in [0.5, 0.6) is 0 Å². The second-order valence-electron chi connectivity index (χ2n) is 3.58. The molecule has 2 heteroatoms. The first-order valence-electron chi connectivity index (χ1n) is 4.96. The van der Waals surface area contributed by atoms with Crippen LogP contribution in [0.15, 0.2) is 45.7 Å². The zero-order chi connectivity index (χ0) is 12.0. The second kappa shape index (κ2) is 6.12. The third-order valence-corrected chi connectivity index (χ3v) is 1.97. The molecule has 0 N–H and O–H groups in total. The van der Waals surface area contributed by atoms with E-state index in [2.05, 4.69) is 23.1 Å². The van der Waals surface area contributed by atoms with Gasteiger partial charge in [0.2, 0.25) is 0 Å². The SMILES string of the molecule is C=C(C)C(C)=N/C(C(=C)C)=C(\C)N=CC. The molecule has 0 fully saturated rings. The summed E-state index contributed by atoms with van der Waals surface area (Å²) in [6.07, 6.45) is 1.75. The predicted molar refractivity (Wildman–Crippen MR) is 69.6 cm³/mol. The molecule has 82 valence electrons. The highest BCUT2D eigenvalue weighted by Crippen LogP contribution is 2.16. The quantitative estimate of drug-likeness (QED) is 0.490. The normalized spacial score (nSPS) is 14.1. The van der Waals surface area contributed by atoms with Crippen LogP contribution in [0.25, 0.3) is 0 Å². The molecule has 0 heterocycles. The minimum Gasteiger partial charge on any atom is -0.264 e. The van der Waals surface area contributed by atoms with Gasteiger partial charge in [-0.2, -0.15) is 0 Å². The van der Waals surface area contributed by atoms with E-state index in [4.69, 9.17) is 0 Å². The zero-order valence-corrected chi connectivity index (χ0v) is 10.4. The molecule has 0 saturated carbocycles. The molecule has 0 amide bonds. The Hall–Kier alpha value is -1.44. The van der Waals surface area contributed by atoms with Gasteiger partial charge in [0.1, 0.15) is 0 Å². The van der Waals surface area contributed by atoms with Crippen molar-refractivity contribution in [3.8, 4) is 0 Å². The van der Waals surface area contributed by atoms with E-state index in [1.807, 2.05) is 34.6 Å². The fraction of sp³-hybridized carbons (Fsp3) is 0.385. The maximum absolute atomic E-state index is 4.48. The maximum Gasteiger partial charge on any atom is 0.0867 e. The van der Waals surface area contributed by atoms with Gasteiger partial charge in [-0.25, -0.2) is 0 Å². The lowest BCUT2D eigenvalue weighted by Gasteiger charge is -2.06. The molecule has 0 rings (SSSR count). The fourth-order valence-corrected chi connectivity index (χ4v) is 1.00. The Kier molecular flexibility index (Phi) is 5.53. The van der Waals surface area contributed by atoms with E-state index in [9.17, 15) is 0 Å². The van der Waals surface area contributed by atoms with E-state index in [-0.39, 0.29) is 0 Å². The Morgan fingerprint density at radius 1 is 1.00 bits per heavy atom. The van der Waals surface area contributed by atoms with Gasteiger partial charge in [-0.1, -0.05) is 13.2 Å². The summed E-state index contributed by atoms with van der Waals surface area (Å²) in [4.78, 5) is 8.69. The Balaban J connectivity index is 5.36. The number of nitrogens with zero attached hydrogens (tertiary/aromatic N) is 2. The van der Waals surface area contributed by atoms with E-state index in [0.29, 0.717) is 0 Å². The smallest absolute Gasteiger partial charge is 0.0867 e. The van der Waals surface area contributed by atoms with Crippen molar-refractivity contribution < 1.29 is 0 Å². The van der Waals surface area contributed by atoms with E-state index < -0.39 is 0 Å². The minimum absolute atomic E-state index is 0.841. The number of rotatable bonds is 4. The molecule has 0 aromatic rings. The summed E-state index contributed by atoms with van der Waals surface area (Å²) < 4.78 is 0. The van der Waals surface area contributed by atoms with Crippen molar-refractivity contribution >= 4 is 11.9 Å². The monoisotopic (exact) mass is 204 g/mol. The molecule has 0 aliphatic rings. The second-order valence-corrected chi connectivity index (χ2v) is 3.58. The molecule has 0 saturated heterocycles. The lowest BCUT2D eigenvalue weighted by atomic mass is 10.2. The molecule has 0 unspecified atom stereocenters. The largest absolute Gasteiger partial charge is 0.264 e. The molecule has 0 aromatic heterocycles. The Morgan fingerprint density at radius 3 is 1.87 bits per heavy atom. The van der Waals surface area contributed by atoms with Crippen molar-refractivity contribution in [2.45, 2.75) is 34.6 Å². The fourth-order valence-electron chi connectivity index (χ4n) is 1.00. The maximum atomic E-state index is 4.48. The lowest BCUT2D eigenvalue weighted by Crippen LogP contribution is -1.95. The molecule has 0 spiro atoms. The molecule has 0 radical (unpaired) electrons. The van der Waals surface area contributed by atoms with Crippen LogP contribution in [-0.2, 0) is 0 Å². The van der Waals surface area contributed by atoms with E-state index in [1.54, 1.807) is 6.21 Å². The topological polar surface area (TPSA) is 24.7 Å². The molecule has 0 aliphatic carbocycles. The summed E-state index contributed by atoms with van der Waals surface area (Å²) >= 11 is 0. The van der Waals surface area contributed by atoms with Gasteiger partial charge in [0.05, 0.1) is 11.4 Å². The predicted octanol–water partition coefficient (Wildman–Crippen LogP) is 3.92. The summed E-state index contributed by atoms with van der Waals surface area (Å²) in [6.45, 7) is 17.4. The summed E-state index contributed by atoms with van der Waals surface area (Å²) in [5, 5.41) is 0. The lowest BCUT2D eigenvalue weighted by molar-refractivity contribution is 1.16. The molecule has 0 aliphatic heterocycles. The van der Waals surface area contributed by atoms with Crippen molar-refractivity contribution in [3.05, 3.63) is 35.7 Å². The Morgan fingerprint density at radius 2 is 1.53 bits per heavy atom. The number of hydrogen-bond acceptors (Lipinski definition) is 2. The number of allylic oxidation sites excluding steroid dienone is 3. The highest BCUT2D eigenvalue weighted by Gasteiger charge is 2.02. The van der Waals surface area contributed by atoms with Crippen LogP contribution in [0.4, 0.5) is 0 Å². The molecule has 2 nitrogen and oxygen atoms in total. The van der Waals surface area contributed by atoms with E-state index in [0.717, 1.165) is 28.3 Å². The summed E-state index contributed by atoms with van der Waals surface area (Å²) in [7, 11) is 0. The van der Waals surface area contributed by atoms with Gasteiger partial charge in [0, 0.05) is 11.9 Å². The van der Waals surface area contributed by atoms with Crippen LogP contribution in [0.2, 0.25) is 0 Å². The van der Waals surface area contributed by atoms with Crippen molar-refractivity contribution in [1.82, 2.24) is 0 Å². The van der Waals surface area contributed by atoms with Gasteiger partial charge in [-0.3, -0.25) is 9.98 Å². The van der Waals surface area contributed by atoms with Crippen LogP contribution in [0, 0.1) is 0 Å².